The van der Waals surface area contributed by atoms with Crippen molar-refractivity contribution >= 4 is 23.7 Å². The molecule has 8 heteroatoms. The summed E-state index contributed by atoms with van der Waals surface area (Å²) in [6, 6.07) is 18.6. The summed E-state index contributed by atoms with van der Waals surface area (Å²) in [6.07, 6.45) is 0.0931. The molecule has 0 aromatic heterocycles. The standard InChI is InChI=1S/C27H25FN2O5/c1-2-8-23(25(31)29-22-14-7-13-20(24(22)28)26(32)33)30-27(34)35-15-21-18-11-5-3-9-16(18)17-10-4-6-12-19(17)21/h3-7,9-14,21,23H,2,8,15H2,1H3,(H,29,31)(H,30,34)(H,32,33)/t23-/m0/s1. The predicted octanol–water partition coefficient (Wildman–Crippen LogP) is 5.17. The lowest BCUT2D eigenvalue weighted by molar-refractivity contribution is -0.118. The molecule has 3 N–H and O–H groups in total. The van der Waals surface area contributed by atoms with Crippen LogP contribution in [-0.4, -0.2) is 35.7 Å². The summed E-state index contributed by atoms with van der Waals surface area (Å²) in [7, 11) is 0. The van der Waals surface area contributed by atoms with Gasteiger partial charge in [-0.05, 0) is 40.8 Å². The van der Waals surface area contributed by atoms with Crippen molar-refractivity contribution < 1.29 is 28.6 Å². The number of alkyl carbamates (subject to hydrolysis) is 1. The van der Waals surface area contributed by atoms with E-state index in [1.165, 1.54) is 12.1 Å². The van der Waals surface area contributed by atoms with E-state index in [4.69, 9.17) is 9.84 Å². The number of fused-ring (bicyclic) bond motifs is 3. The van der Waals surface area contributed by atoms with Crippen LogP contribution in [0.2, 0.25) is 0 Å². The van der Waals surface area contributed by atoms with Gasteiger partial charge in [0.15, 0.2) is 5.82 Å². The molecule has 7 nitrogen and oxygen atoms in total. The topological polar surface area (TPSA) is 105 Å². The highest BCUT2D eigenvalue weighted by Crippen LogP contribution is 2.44. The monoisotopic (exact) mass is 476 g/mol. The Hall–Kier alpha value is -4.20. The van der Waals surface area contributed by atoms with Gasteiger partial charge >= 0.3 is 12.1 Å². The van der Waals surface area contributed by atoms with Gasteiger partial charge in [-0.15, -0.1) is 0 Å². The number of carbonyl (C=O) groups is 3. The Bertz CT molecular complexity index is 1230. The fourth-order valence-corrected chi connectivity index (χ4v) is 4.35. The van der Waals surface area contributed by atoms with Crippen molar-refractivity contribution in [3.8, 4) is 11.1 Å². The molecule has 3 aromatic rings. The second kappa shape index (κ2) is 10.4. The van der Waals surface area contributed by atoms with E-state index >= 15 is 0 Å². The number of benzene rings is 3. The number of anilines is 1. The summed E-state index contributed by atoms with van der Waals surface area (Å²) in [5, 5.41) is 14.0. The van der Waals surface area contributed by atoms with Crippen LogP contribution in [0.5, 0.6) is 0 Å². The van der Waals surface area contributed by atoms with Crippen LogP contribution in [0.15, 0.2) is 66.7 Å². The number of carboxylic acids is 1. The predicted molar refractivity (Wildman–Crippen MR) is 129 cm³/mol. The third kappa shape index (κ3) is 5.01. The molecule has 4 rings (SSSR count). The average molecular weight is 477 g/mol. The first-order valence-electron chi connectivity index (χ1n) is 11.3. The normalized spacial score (nSPS) is 12.9. The molecule has 0 saturated carbocycles. The van der Waals surface area contributed by atoms with E-state index in [0.29, 0.717) is 6.42 Å². The lowest BCUT2D eigenvalue weighted by Gasteiger charge is -2.19. The van der Waals surface area contributed by atoms with Gasteiger partial charge in [0.25, 0.3) is 0 Å². The molecule has 0 fully saturated rings. The highest BCUT2D eigenvalue weighted by atomic mass is 19.1. The number of hydrogen-bond acceptors (Lipinski definition) is 4. The summed E-state index contributed by atoms with van der Waals surface area (Å²) in [5.74, 6) is -3.29. The fraction of sp³-hybridized carbons (Fsp3) is 0.222. The van der Waals surface area contributed by atoms with Gasteiger partial charge < -0.3 is 20.5 Å². The van der Waals surface area contributed by atoms with Crippen molar-refractivity contribution in [1.29, 1.82) is 0 Å². The van der Waals surface area contributed by atoms with Gasteiger partial charge in [-0.25, -0.2) is 14.0 Å². The fourth-order valence-electron chi connectivity index (χ4n) is 4.35. The summed E-state index contributed by atoms with van der Waals surface area (Å²) in [5.41, 5.74) is 3.51. The van der Waals surface area contributed by atoms with E-state index in [1.807, 2.05) is 55.5 Å². The molecule has 2 amide bonds. The minimum Gasteiger partial charge on any atom is -0.478 e. The van der Waals surface area contributed by atoms with Crippen LogP contribution in [0.1, 0.15) is 47.2 Å². The van der Waals surface area contributed by atoms with Gasteiger partial charge in [0, 0.05) is 5.92 Å². The van der Waals surface area contributed by atoms with Crippen LogP contribution in [0, 0.1) is 5.82 Å². The van der Waals surface area contributed by atoms with Crippen LogP contribution in [0.25, 0.3) is 11.1 Å². The van der Waals surface area contributed by atoms with Crippen molar-refractivity contribution in [2.75, 3.05) is 11.9 Å². The zero-order valence-electron chi connectivity index (χ0n) is 19.1. The molecule has 3 aromatic carbocycles. The van der Waals surface area contributed by atoms with Crippen LogP contribution < -0.4 is 10.6 Å². The lowest BCUT2D eigenvalue weighted by atomic mass is 9.98. The molecule has 0 radical (unpaired) electrons. The summed E-state index contributed by atoms with van der Waals surface area (Å²) < 4.78 is 19.9. The van der Waals surface area contributed by atoms with E-state index in [2.05, 4.69) is 10.6 Å². The molecule has 35 heavy (non-hydrogen) atoms. The maximum absolute atomic E-state index is 14.4. The van der Waals surface area contributed by atoms with Gasteiger partial charge in [-0.3, -0.25) is 4.79 Å². The number of amides is 2. The number of nitrogens with one attached hydrogen (secondary N) is 2. The number of hydrogen-bond donors (Lipinski definition) is 3. The Morgan fingerprint density at radius 1 is 0.971 bits per heavy atom. The van der Waals surface area contributed by atoms with Gasteiger partial charge in [0.05, 0.1) is 11.3 Å². The van der Waals surface area contributed by atoms with Crippen molar-refractivity contribution in [1.82, 2.24) is 5.32 Å². The number of rotatable bonds is 8. The maximum atomic E-state index is 14.4. The van der Waals surface area contributed by atoms with Crippen LogP contribution in [-0.2, 0) is 9.53 Å². The third-order valence-electron chi connectivity index (χ3n) is 6.02. The summed E-state index contributed by atoms with van der Waals surface area (Å²) in [4.78, 5) is 36.5. The number of carbonyl (C=O) groups excluding carboxylic acids is 2. The first kappa shape index (κ1) is 23.9. The van der Waals surface area contributed by atoms with Gasteiger partial charge in [0.2, 0.25) is 5.91 Å². The molecule has 0 unspecified atom stereocenters. The molecule has 1 aliphatic rings. The van der Waals surface area contributed by atoms with E-state index < -0.39 is 35.4 Å². The van der Waals surface area contributed by atoms with E-state index in [-0.39, 0.29) is 24.6 Å². The van der Waals surface area contributed by atoms with E-state index in [0.717, 1.165) is 28.3 Å². The first-order valence-corrected chi connectivity index (χ1v) is 11.3. The smallest absolute Gasteiger partial charge is 0.407 e. The Balaban J connectivity index is 1.42. The number of halogens is 1. The Labute approximate surface area is 201 Å². The Morgan fingerprint density at radius 2 is 1.60 bits per heavy atom. The van der Waals surface area contributed by atoms with Gasteiger partial charge in [-0.2, -0.15) is 0 Å². The van der Waals surface area contributed by atoms with Gasteiger partial charge in [-0.1, -0.05) is 67.9 Å². The quantitative estimate of drug-likeness (QED) is 0.416. The minimum absolute atomic E-state index is 0.0929. The second-order valence-corrected chi connectivity index (χ2v) is 8.27. The molecule has 0 aliphatic heterocycles. The zero-order chi connectivity index (χ0) is 24.9. The second-order valence-electron chi connectivity index (χ2n) is 8.27. The van der Waals surface area contributed by atoms with E-state index in [9.17, 15) is 18.8 Å². The van der Waals surface area contributed by atoms with Crippen LogP contribution in [0.4, 0.5) is 14.9 Å². The third-order valence-corrected chi connectivity index (χ3v) is 6.02. The molecule has 180 valence electrons. The van der Waals surface area contributed by atoms with Crippen molar-refractivity contribution in [2.45, 2.75) is 31.7 Å². The lowest BCUT2D eigenvalue weighted by Crippen LogP contribution is -2.44. The van der Waals surface area contributed by atoms with Crippen LogP contribution >= 0.6 is 0 Å². The molecular weight excluding hydrogens is 451 g/mol. The highest BCUT2D eigenvalue weighted by Gasteiger charge is 2.30. The summed E-state index contributed by atoms with van der Waals surface area (Å²) >= 11 is 0. The van der Waals surface area contributed by atoms with Gasteiger partial charge in [0.1, 0.15) is 12.6 Å². The maximum Gasteiger partial charge on any atom is 0.407 e. The molecular formula is C27H25FN2O5. The largest absolute Gasteiger partial charge is 0.478 e. The van der Waals surface area contributed by atoms with E-state index in [1.54, 1.807) is 0 Å². The molecule has 0 saturated heterocycles. The molecule has 1 atom stereocenters. The highest BCUT2D eigenvalue weighted by molar-refractivity contribution is 5.98. The average Bonchev–Trinajstić information content (AvgIpc) is 3.17. The molecule has 0 spiro atoms. The first-order chi connectivity index (χ1) is 16.9. The van der Waals surface area contributed by atoms with Crippen molar-refractivity contribution in [3.63, 3.8) is 0 Å². The number of aromatic carboxylic acids is 1. The minimum atomic E-state index is -1.44. The zero-order valence-corrected chi connectivity index (χ0v) is 19.1. The molecule has 0 heterocycles. The van der Waals surface area contributed by atoms with Crippen LogP contribution in [0.3, 0.4) is 0 Å². The van der Waals surface area contributed by atoms with Crippen molar-refractivity contribution in [2.24, 2.45) is 0 Å². The number of carboxylic acid groups (broad SMARTS) is 1. The molecule has 0 bridgehead atoms. The summed E-state index contributed by atoms with van der Waals surface area (Å²) in [6.45, 7) is 1.93. The molecule has 1 aliphatic carbocycles. The van der Waals surface area contributed by atoms with Crippen molar-refractivity contribution in [3.05, 3.63) is 89.2 Å². The Morgan fingerprint density at radius 3 is 2.20 bits per heavy atom. The Kier molecular flexibility index (Phi) is 7.10. The number of ether oxygens (including phenoxy) is 1. The SMILES string of the molecule is CCC[C@H](NC(=O)OCC1c2ccccc2-c2ccccc21)C(=O)Nc1cccc(C(=O)O)c1F.